The lowest BCUT2D eigenvalue weighted by Gasteiger charge is -2.14. The van der Waals surface area contributed by atoms with Crippen LogP contribution in [0.1, 0.15) is 36.2 Å². The van der Waals surface area contributed by atoms with Gasteiger partial charge in [0.2, 0.25) is 0 Å². The molecule has 0 bridgehead atoms. The molecular formula is C20H20N6O2S. The molecule has 1 saturated carbocycles. The van der Waals surface area contributed by atoms with E-state index < -0.39 is 5.25 Å². The van der Waals surface area contributed by atoms with Crippen LogP contribution in [0, 0.1) is 0 Å². The lowest BCUT2D eigenvalue weighted by molar-refractivity contribution is -0.121. The van der Waals surface area contributed by atoms with Crippen molar-refractivity contribution in [1.29, 1.82) is 0 Å². The highest BCUT2D eigenvalue weighted by atomic mass is 32.2. The van der Waals surface area contributed by atoms with E-state index in [1.165, 1.54) is 11.8 Å². The van der Waals surface area contributed by atoms with Crippen molar-refractivity contribution in [3.63, 3.8) is 0 Å². The van der Waals surface area contributed by atoms with E-state index in [9.17, 15) is 9.59 Å². The average molecular weight is 408 g/mol. The summed E-state index contributed by atoms with van der Waals surface area (Å²) in [5, 5.41) is 8.87. The highest BCUT2D eigenvalue weighted by molar-refractivity contribution is 8.00. The Bertz CT molecular complexity index is 1000. The zero-order chi connectivity index (χ0) is 20.2. The van der Waals surface area contributed by atoms with Gasteiger partial charge in [0.1, 0.15) is 0 Å². The number of thioether (sulfide) groups is 1. The predicted molar refractivity (Wildman–Crippen MR) is 109 cm³/mol. The molecule has 2 aromatic heterocycles. The number of rotatable bonds is 6. The van der Waals surface area contributed by atoms with E-state index in [1.807, 2.05) is 18.2 Å². The van der Waals surface area contributed by atoms with Crippen LogP contribution in [0.25, 0.3) is 11.4 Å². The fourth-order valence-corrected chi connectivity index (χ4v) is 3.73. The summed E-state index contributed by atoms with van der Waals surface area (Å²) in [5.74, 6) is 0.106. The SMILES string of the molecule is C[C@@H](Sc1nnc(-c2ccncc2)n1C1CC1)C(=O)NNC(=O)c1ccccc1. The molecule has 148 valence electrons. The molecule has 1 aliphatic rings. The van der Waals surface area contributed by atoms with Crippen LogP contribution in [-0.2, 0) is 4.79 Å². The standard InChI is InChI=1S/C20H20N6O2S/c1-13(18(27)23-24-19(28)15-5-3-2-4-6-15)29-20-25-22-17(26(20)16-7-8-16)14-9-11-21-12-10-14/h2-6,9-13,16H,7-8H2,1H3,(H,23,27)(H,24,28)/t13-/m1/s1. The normalized spacial score (nSPS) is 14.2. The number of nitrogens with zero attached hydrogens (tertiary/aromatic N) is 4. The van der Waals surface area contributed by atoms with E-state index in [-0.39, 0.29) is 11.8 Å². The van der Waals surface area contributed by atoms with Gasteiger partial charge in [-0.1, -0.05) is 30.0 Å². The van der Waals surface area contributed by atoms with Crippen LogP contribution < -0.4 is 10.9 Å². The number of benzene rings is 1. The molecular weight excluding hydrogens is 388 g/mol. The topological polar surface area (TPSA) is 102 Å². The number of amides is 2. The third kappa shape index (κ3) is 4.45. The fourth-order valence-electron chi connectivity index (χ4n) is 2.81. The molecule has 9 heteroatoms. The number of hydrogen-bond donors (Lipinski definition) is 2. The van der Waals surface area contributed by atoms with Crippen molar-refractivity contribution in [3.05, 3.63) is 60.4 Å². The van der Waals surface area contributed by atoms with Crippen molar-refractivity contribution >= 4 is 23.6 Å². The Kier molecular flexibility index (Phi) is 5.57. The number of aromatic nitrogens is 4. The number of nitrogens with one attached hydrogen (secondary N) is 2. The van der Waals surface area contributed by atoms with Crippen molar-refractivity contribution in [2.24, 2.45) is 0 Å². The first kappa shape index (κ1) is 19.1. The van der Waals surface area contributed by atoms with E-state index in [0.29, 0.717) is 16.8 Å². The molecule has 0 spiro atoms. The van der Waals surface area contributed by atoms with Gasteiger partial charge < -0.3 is 0 Å². The largest absolute Gasteiger partial charge is 0.299 e. The van der Waals surface area contributed by atoms with Crippen LogP contribution >= 0.6 is 11.8 Å². The van der Waals surface area contributed by atoms with Crippen molar-refractivity contribution in [3.8, 4) is 11.4 Å². The van der Waals surface area contributed by atoms with Gasteiger partial charge in [0.05, 0.1) is 5.25 Å². The van der Waals surface area contributed by atoms with Crippen LogP contribution in [0.15, 0.2) is 60.0 Å². The lowest BCUT2D eigenvalue weighted by atomic mass is 10.2. The molecule has 1 aliphatic carbocycles. The highest BCUT2D eigenvalue weighted by Gasteiger charge is 2.31. The summed E-state index contributed by atoms with van der Waals surface area (Å²) >= 11 is 1.32. The van der Waals surface area contributed by atoms with Gasteiger partial charge in [-0.3, -0.25) is 30.0 Å². The summed E-state index contributed by atoms with van der Waals surface area (Å²) in [5.41, 5.74) is 6.34. The van der Waals surface area contributed by atoms with E-state index in [1.54, 1.807) is 43.6 Å². The maximum Gasteiger partial charge on any atom is 0.269 e. The monoisotopic (exact) mass is 408 g/mol. The molecule has 0 radical (unpaired) electrons. The van der Waals surface area contributed by atoms with E-state index in [2.05, 4.69) is 30.6 Å². The first-order valence-corrected chi connectivity index (χ1v) is 10.2. The van der Waals surface area contributed by atoms with E-state index >= 15 is 0 Å². The minimum Gasteiger partial charge on any atom is -0.299 e. The molecule has 2 amide bonds. The Hall–Kier alpha value is -3.20. The van der Waals surface area contributed by atoms with Gasteiger partial charge >= 0.3 is 0 Å². The van der Waals surface area contributed by atoms with E-state index in [4.69, 9.17) is 0 Å². The zero-order valence-electron chi connectivity index (χ0n) is 15.8. The summed E-state index contributed by atoms with van der Waals surface area (Å²) in [6.45, 7) is 1.77. The molecule has 0 saturated heterocycles. The second-order valence-electron chi connectivity index (χ2n) is 6.71. The summed E-state index contributed by atoms with van der Waals surface area (Å²) in [6.07, 6.45) is 5.58. The van der Waals surface area contributed by atoms with Crippen molar-refractivity contribution < 1.29 is 9.59 Å². The highest BCUT2D eigenvalue weighted by Crippen LogP contribution is 2.41. The molecule has 8 nitrogen and oxygen atoms in total. The number of carbonyl (C=O) groups is 2. The molecule has 29 heavy (non-hydrogen) atoms. The van der Waals surface area contributed by atoms with Gasteiger partial charge in [0, 0.05) is 29.6 Å². The second-order valence-corrected chi connectivity index (χ2v) is 8.02. The van der Waals surface area contributed by atoms with Crippen molar-refractivity contribution in [2.45, 2.75) is 36.2 Å². The van der Waals surface area contributed by atoms with Gasteiger partial charge in [0.25, 0.3) is 11.8 Å². The van der Waals surface area contributed by atoms with Gasteiger partial charge in [-0.05, 0) is 44.0 Å². The maximum atomic E-state index is 12.4. The molecule has 0 aliphatic heterocycles. The molecule has 3 aromatic rings. The van der Waals surface area contributed by atoms with Crippen molar-refractivity contribution in [1.82, 2.24) is 30.6 Å². The quantitative estimate of drug-likeness (QED) is 0.480. The Morgan fingerprint density at radius 3 is 2.48 bits per heavy atom. The lowest BCUT2D eigenvalue weighted by Crippen LogP contribution is -2.44. The number of pyridine rings is 1. The first-order valence-electron chi connectivity index (χ1n) is 9.30. The molecule has 1 fully saturated rings. The zero-order valence-corrected chi connectivity index (χ0v) is 16.6. The minimum absolute atomic E-state index is 0.310. The molecule has 4 rings (SSSR count). The molecule has 1 atom stereocenters. The fraction of sp³-hybridized carbons (Fsp3) is 0.250. The van der Waals surface area contributed by atoms with Gasteiger partial charge in [-0.25, -0.2) is 0 Å². The Morgan fingerprint density at radius 1 is 1.07 bits per heavy atom. The van der Waals surface area contributed by atoms with Gasteiger partial charge in [0.15, 0.2) is 11.0 Å². The molecule has 0 unspecified atom stereocenters. The number of hydrazine groups is 1. The Labute approximate surface area is 172 Å². The summed E-state index contributed by atoms with van der Waals surface area (Å²) < 4.78 is 2.09. The number of carbonyl (C=O) groups excluding carboxylic acids is 2. The molecule has 2 heterocycles. The van der Waals surface area contributed by atoms with Crippen LogP contribution in [0.2, 0.25) is 0 Å². The smallest absolute Gasteiger partial charge is 0.269 e. The van der Waals surface area contributed by atoms with Gasteiger partial charge in [-0.15, -0.1) is 10.2 Å². The average Bonchev–Trinajstić information content (AvgIpc) is 3.52. The summed E-state index contributed by atoms with van der Waals surface area (Å²) in [7, 11) is 0. The Morgan fingerprint density at radius 2 is 1.79 bits per heavy atom. The second kappa shape index (κ2) is 8.44. The maximum absolute atomic E-state index is 12.4. The minimum atomic E-state index is -0.460. The summed E-state index contributed by atoms with van der Waals surface area (Å²) in [6, 6.07) is 12.9. The van der Waals surface area contributed by atoms with Crippen LogP contribution in [0.5, 0.6) is 0 Å². The van der Waals surface area contributed by atoms with Gasteiger partial charge in [-0.2, -0.15) is 0 Å². The summed E-state index contributed by atoms with van der Waals surface area (Å²) in [4.78, 5) is 28.6. The van der Waals surface area contributed by atoms with Crippen molar-refractivity contribution in [2.75, 3.05) is 0 Å². The predicted octanol–water partition coefficient (Wildman–Crippen LogP) is 2.62. The molecule has 1 aromatic carbocycles. The van der Waals surface area contributed by atoms with Crippen LogP contribution in [-0.4, -0.2) is 36.8 Å². The van der Waals surface area contributed by atoms with Crippen LogP contribution in [0.4, 0.5) is 0 Å². The third-order valence-electron chi connectivity index (χ3n) is 4.50. The molecule has 2 N–H and O–H groups in total. The Balaban J connectivity index is 1.42. The third-order valence-corrected chi connectivity index (χ3v) is 5.56. The number of hydrogen-bond acceptors (Lipinski definition) is 6. The van der Waals surface area contributed by atoms with E-state index in [0.717, 1.165) is 24.2 Å². The van der Waals surface area contributed by atoms with Crippen LogP contribution in [0.3, 0.4) is 0 Å². The first-order chi connectivity index (χ1) is 14.1.